The lowest BCUT2D eigenvalue weighted by atomic mass is 10.1. The van der Waals surface area contributed by atoms with E-state index in [4.69, 9.17) is 14.2 Å². The summed E-state index contributed by atoms with van der Waals surface area (Å²) in [6.45, 7) is 0. The first kappa shape index (κ1) is 16.9. The van der Waals surface area contributed by atoms with Crippen LogP contribution in [0.15, 0.2) is 41.2 Å². The first-order valence-corrected chi connectivity index (χ1v) is 8.24. The molecule has 2 aromatic heterocycles. The summed E-state index contributed by atoms with van der Waals surface area (Å²) in [6.07, 6.45) is 0. The van der Waals surface area contributed by atoms with Crippen molar-refractivity contribution in [3.05, 3.63) is 46.8 Å². The Morgan fingerprint density at radius 1 is 0.926 bits per heavy atom. The highest BCUT2D eigenvalue weighted by atomic mass is 16.5. The Bertz CT molecular complexity index is 1200. The van der Waals surface area contributed by atoms with Gasteiger partial charge in [0.05, 0.1) is 32.2 Å². The first-order valence-electron chi connectivity index (χ1n) is 8.24. The molecule has 0 spiro atoms. The maximum Gasteiger partial charge on any atom is 0.262 e. The molecule has 0 radical (unpaired) electrons. The van der Waals surface area contributed by atoms with E-state index in [9.17, 15) is 4.79 Å². The van der Waals surface area contributed by atoms with Crippen molar-refractivity contribution >= 4 is 16.7 Å². The minimum Gasteiger partial charge on any atom is -0.493 e. The van der Waals surface area contributed by atoms with Crippen molar-refractivity contribution in [2.45, 2.75) is 0 Å². The van der Waals surface area contributed by atoms with Gasteiger partial charge in [0.2, 0.25) is 11.5 Å². The van der Waals surface area contributed by atoms with Crippen LogP contribution in [0.1, 0.15) is 0 Å². The predicted molar refractivity (Wildman–Crippen MR) is 101 cm³/mol. The summed E-state index contributed by atoms with van der Waals surface area (Å²) in [5.41, 5.74) is 1.33. The number of aryl methyl sites for hydroxylation is 1. The third-order valence-corrected chi connectivity index (χ3v) is 4.55. The zero-order valence-electron chi connectivity index (χ0n) is 15.4. The molecule has 0 aliphatic heterocycles. The molecule has 0 saturated heterocycles. The highest BCUT2D eigenvalue weighted by molar-refractivity contribution is 5.82. The van der Waals surface area contributed by atoms with Crippen LogP contribution >= 0.6 is 0 Å². The quantitative estimate of drug-likeness (QED) is 0.551. The van der Waals surface area contributed by atoms with Gasteiger partial charge in [-0.15, -0.1) is 10.2 Å². The fourth-order valence-electron chi connectivity index (χ4n) is 3.23. The third kappa shape index (κ3) is 2.41. The van der Waals surface area contributed by atoms with Gasteiger partial charge in [0, 0.05) is 12.6 Å². The number of benzene rings is 2. The fourth-order valence-corrected chi connectivity index (χ4v) is 3.23. The topological polar surface area (TPSA) is 79.9 Å². The number of para-hydroxylation sites is 1. The van der Waals surface area contributed by atoms with Gasteiger partial charge in [-0.05, 0) is 24.3 Å². The average Bonchev–Trinajstić information content (AvgIpc) is 3.16. The van der Waals surface area contributed by atoms with Gasteiger partial charge in [0.1, 0.15) is 0 Å². The van der Waals surface area contributed by atoms with Crippen LogP contribution in [0.2, 0.25) is 0 Å². The van der Waals surface area contributed by atoms with E-state index >= 15 is 0 Å². The third-order valence-electron chi connectivity index (χ3n) is 4.55. The highest BCUT2D eigenvalue weighted by Crippen LogP contribution is 2.41. The van der Waals surface area contributed by atoms with Crippen molar-refractivity contribution in [2.24, 2.45) is 7.05 Å². The van der Waals surface area contributed by atoms with Crippen LogP contribution in [-0.4, -0.2) is 40.5 Å². The Morgan fingerprint density at radius 2 is 1.59 bits per heavy atom. The summed E-state index contributed by atoms with van der Waals surface area (Å²) in [5.74, 6) is 2.53. The molecule has 8 nitrogen and oxygen atoms in total. The van der Waals surface area contributed by atoms with Gasteiger partial charge in [-0.3, -0.25) is 13.8 Å². The minimum atomic E-state index is -0.123. The summed E-state index contributed by atoms with van der Waals surface area (Å²) in [6, 6.07) is 11.0. The summed E-state index contributed by atoms with van der Waals surface area (Å²) in [4.78, 5) is 12.6. The van der Waals surface area contributed by atoms with Crippen molar-refractivity contribution in [3.63, 3.8) is 0 Å². The molecule has 0 amide bonds. The lowest BCUT2D eigenvalue weighted by molar-refractivity contribution is 0.324. The molecule has 8 heteroatoms. The summed E-state index contributed by atoms with van der Waals surface area (Å²) < 4.78 is 19.6. The van der Waals surface area contributed by atoms with E-state index in [1.54, 1.807) is 46.6 Å². The molecule has 27 heavy (non-hydrogen) atoms. The monoisotopic (exact) mass is 366 g/mol. The number of fused-ring (bicyclic) bond motifs is 3. The molecule has 0 unspecified atom stereocenters. The normalized spacial score (nSPS) is 11.1. The second-order valence-corrected chi connectivity index (χ2v) is 5.95. The molecular formula is C19H18N4O4. The number of methoxy groups -OCH3 is 3. The summed E-state index contributed by atoms with van der Waals surface area (Å²) in [7, 11) is 6.34. The van der Waals surface area contributed by atoms with Crippen LogP contribution in [0.5, 0.6) is 17.2 Å². The van der Waals surface area contributed by atoms with Gasteiger partial charge in [-0.1, -0.05) is 12.1 Å². The molecule has 0 aliphatic rings. The smallest absolute Gasteiger partial charge is 0.262 e. The number of ether oxygens (including phenoxy) is 3. The SMILES string of the molecule is COc1cc(-c2nnc3n(C)c(=O)c4ccccc4n23)cc(OC)c1OC. The van der Waals surface area contributed by atoms with Gasteiger partial charge in [-0.2, -0.15) is 0 Å². The van der Waals surface area contributed by atoms with E-state index in [0.29, 0.717) is 34.2 Å². The van der Waals surface area contributed by atoms with Crippen LogP contribution in [0, 0.1) is 0 Å². The van der Waals surface area contributed by atoms with Gasteiger partial charge in [-0.25, -0.2) is 0 Å². The Kier molecular flexibility index (Phi) is 3.95. The van der Waals surface area contributed by atoms with E-state index in [-0.39, 0.29) is 5.56 Å². The van der Waals surface area contributed by atoms with Gasteiger partial charge in [0.25, 0.3) is 5.56 Å². The van der Waals surface area contributed by atoms with E-state index in [0.717, 1.165) is 11.1 Å². The standard InChI is InChI=1S/C19H18N4O4/c1-22-18(24)12-7-5-6-8-13(12)23-17(20-21-19(22)23)11-9-14(25-2)16(27-4)15(10-11)26-3/h5-10H,1-4H3. The number of aromatic nitrogens is 4. The summed E-state index contributed by atoms with van der Waals surface area (Å²) in [5, 5.41) is 9.13. The van der Waals surface area contributed by atoms with Gasteiger partial charge >= 0.3 is 0 Å². The lowest BCUT2D eigenvalue weighted by Crippen LogP contribution is -2.20. The van der Waals surface area contributed by atoms with Crippen LogP contribution < -0.4 is 19.8 Å². The molecule has 0 atom stereocenters. The fraction of sp³-hybridized carbons (Fsp3) is 0.211. The van der Waals surface area contributed by atoms with Gasteiger partial charge < -0.3 is 14.2 Å². The Hall–Kier alpha value is -3.55. The number of rotatable bonds is 4. The first-order chi connectivity index (χ1) is 13.1. The van der Waals surface area contributed by atoms with E-state index in [2.05, 4.69) is 10.2 Å². The van der Waals surface area contributed by atoms with Crippen molar-refractivity contribution in [1.29, 1.82) is 0 Å². The molecule has 0 fully saturated rings. The second kappa shape index (κ2) is 6.31. The number of nitrogens with zero attached hydrogens (tertiary/aromatic N) is 4. The average molecular weight is 366 g/mol. The predicted octanol–water partition coefficient (Wildman–Crippen LogP) is 2.27. The number of hydrogen-bond acceptors (Lipinski definition) is 6. The van der Waals surface area contributed by atoms with Crippen molar-refractivity contribution in [3.8, 4) is 28.6 Å². The maximum atomic E-state index is 12.6. The Labute approximate surface area is 154 Å². The molecule has 0 aliphatic carbocycles. The van der Waals surface area contributed by atoms with Crippen LogP contribution in [-0.2, 0) is 7.05 Å². The molecule has 4 aromatic rings. The van der Waals surface area contributed by atoms with Crippen molar-refractivity contribution in [1.82, 2.24) is 19.2 Å². The number of hydrogen-bond donors (Lipinski definition) is 0. The Morgan fingerprint density at radius 3 is 2.22 bits per heavy atom. The zero-order valence-corrected chi connectivity index (χ0v) is 15.4. The van der Waals surface area contributed by atoms with E-state index in [1.807, 2.05) is 22.6 Å². The Balaban J connectivity index is 2.11. The zero-order chi connectivity index (χ0) is 19.1. The molecule has 2 heterocycles. The molecule has 0 N–H and O–H groups in total. The molecule has 0 bridgehead atoms. The van der Waals surface area contributed by atoms with E-state index in [1.165, 1.54) is 4.57 Å². The molecule has 0 saturated carbocycles. The van der Waals surface area contributed by atoms with Crippen LogP contribution in [0.3, 0.4) is 0 Å². The second-order valence-electron chi connectivity index (χ2n) is 5.95. The molecular weight excluding hydrogens is 348 g/mol. The lowest BCUT2D eigenvalue weighted by Gasteiger charge is -2.14. The highest BCUT2D eigenvalue weighted by Gasteiger charge is 2.20. The maximum absolute atomic E-state index is 12.6. The van der Waals surface area contributed by atoms with Gasteiger partial charge in [0.15, 0.2) is 17.3 Å². The molecule has 138 valence electrons. The van der Waals surface area contributed by atoms with E-state index < -0.39 is 0 Å². The van der Waals surface area contributed by atoms with Crippen LogP contribution in [0.25, 0.3) is 28.1 Å². The molecule has 4 rings (SSSR count). The molecule has 2 aromatic carbocycles. The van der Waals surface area contributed by atoms with Crippen LogP contribution in [0.4, 0.5) is 0 Å². The minimum absolute atomic E-state index is 0.123. The van der Waals surface area contributed by atoms with Crippen molar-refractivity contribution < 1.29 is 14.2 Å². The van der Waals surface area contributed by atoms with Crippen molar-refractivity contribution in [2.75, 3.05) is 21.3 Å². The summed E-state index contributed by atoms with van der Waals surface area (Å²) >= 11 is 0. The largest absolute Gasteiger partial charge is 0.493 e.